The van der Waals surface area contributed by atoms with Crippen LogP contribution in [0, 0.1) is 5.82 Å². The second-order valence-corrected chi connectivity index (χ2v) is 8.23. The number of aromatic nitrogens is 2. The number of hydrogen-bond acceptors (Lipinski definition) is 6. The van der Waals surface area contributed by atoms with Crippen LogP contribution in [0.25, 0.3) is 11.3 Å². The van der Waals surface area contributed by atoms with Gasteiger partial charge in [-0.3, -0.25) is 9.69 Å². The second-order valence-electron chi connectivity index (χ2n) is 6.45. The van der Waals surface area contributed by atoms with Crippen LogP contribution < -0.4 is 9.64 Å². The molecule has 0 bridgehead atoms. The molecule has 2 aromatic carbocycles. The average Bonchev–Trinajstić information content (AvgIpc) is 3.47. The summed E-state index contributed by atoms with van der Waals surface area (Å²) >= 11 is 2.73. The molecule has 0 aliphatic rings. The van der Waals surface area contributed by atoms with Crippen molar-refractivity contribution in [2.75, 3.05) is 11.4 Å². The van der Waals surface area contributed by atoms with E-state index in [9.17, 15) is 9.18 Å². The van der Waals surface area contributed by atoms with Crippen LogP contribution in [0.1, 0.15) is 15.5 Å². The normalized spacial score (nSPS) is 10.6. The molecule has 0 saturated carbocycles. The lowest BCUT2D eigenvalue weighted by Crippen LogP contribution is -2.31. The van der Waals surface area contributed by atoms with E-state index in [1.165, 1.54) is 34.8 Å². The summed E-state index contributed by atoms with van der Waals surface area (Å²) in [7, 11) is 0. The first-order valence-electron chi connectivity index (χ1n) is 9.40. The number of amides is 1. The molecule has 8 heteroatoms. The van der Waals surface area contributed by atoms with E-state index in [1.807, 2.05) is 35.7 Å². The lowest BCUT2D eigenvalue weighted by atomic mass is 10.2. The summed E-state index contributed by atoms with van der Waals surface area (Å²) in [5.41, 5.74) is 2.13. The van der Waals surface area contributed by atoms with Gasteiger partial charge in [0.2, 0.25) is 0 Å². The third-order valence-corrected chi connectivity index (χ3v) is 5.98. The number of rotatable bonds is 8. The minimum atomic E-state index is -0.325. The largest absolute Gasteiger partial charge is 0.486 e. The fourth-order valence-electron chi connectivity index (χ4n) is 2.80. The molecule has 0 radical (unpaired) electrons. The van der Waals surface area contributed by atoms with Gasteiger partial charge in [-0.15, -0.1) is 29.3 Å². The smallest absolute Gasteiger partial charge is 0.279 e. The minimum absolute atomic E-state index is 0.195. The second kappa shape index (κ2) is 9.63. The van der Waals surface area contributed by atoms with Gasteiger partial charge >= 0.3 is 0 Å². The summed E-state index contributed by atoms with van der Waals surface area (Å²) in [6, 6.07) is 15.6. The highest BCUT2D eigenvalue weighted by atomic mass is 32.1. The van der Waals surface area contributed by atoms with E-state index in [-0.39, 0.29) is 18.3 Å². The standard InChI is InChI=1S/C23H18FN3O2S2/c1-2-12-27(23-26-19(14-31-23)16-6-4-3-5-7-16)22(28)20-15-30-21(25-20)13-29-18-10-8-17(24)9-11-18/h2-11,14-15H,1,12-13H2. The Morgan fingerprint density at radius 3 is 2.58 bits per heavy atom. The van der Waals surface area contributed by atoms with Gasteiger partial charge in [0.15, 0.2) is 5.13 Å². The van der Waals surface area contributed by atoms with E-state index >= 15 is 0 Å². The molecule has 0 N–H and O–H groups in total. The Hall–Kier alpha value is -3.36. The maximum Gasteiger partial charge on any atom is 0.279 e. The van der Waals surface area contributed by atoms with Crippen molar-refractivity contribution in [2.24, 2.45) is 0 Å². The predicted octanol–water partition coefficient (Wildman–Crippen LogP) is 5.82. The Kier molecular flexibility index (Phi) is 6.49. The molecule has 4 aromatic rings. The van der Waals surface area contributed by atoms with E-state index in [0.717, 1.165) is 11.3 Å². The first kappa shape index (κ1) is 20.9. The van der Waals surface area contributed by atoms with Crippen LogP contribution in [0.5, 0.6) is 5.75 Å². The molecule has 0 unspecified atom stereocenters. The van der Waals surface area contributed by atoms with Gasteiger partial charge in [-0.05, 0) is 24.3 Å². The van der Waals surface area contributed by atoms with Crippen LogP contribution in [-0.4, -0.2) is 22.4 Å². The number of hydrogen-bond donors (Lipinski definition) is 0. The summed E-state index contributed by atoms with van der Waals surface area (Å²) < 4.78 is 18.6. The molecule has 0 aliphatic carbocycles. The van der Waals surface area contributed by atoms with Gasteiger partial charge in [0.25, 0.3) is 5.91 Å². The summed E-state index contributed by atoms with van der Waals surface area (Å²) in [4.78, 5) is 23.7. The first-order chi connectivity index (χ1) is 15.1. The van der Waals surface area contributed by atoms with E-state index in [0.29, 0.717) is 28.1 Å². The van der Waals surface area contributed by atoms with Crippen molar-refractivity contribution < 1.29 is 13.9 Å². The van der Waals surface area contributed by atoms with Crippen LogP contribution in [-0.2, 0) is 6.61 Å². The van der Waals surface area contributed by atoms with Gasteiger partial charge in [0, 0.05) is 22.9 Å². The summed E-state index contributed by atoms with van der Waals surface area (Å²) in [6.45, 7) is 4.27. The van der Waals surface area contributed by atoms with Crippen molar-refractivity contribution in [3.05, 3.63) is 94.5 Å². The number of halogens is 1. The third kappa shape index (κ3) is 5.04. The lowest BCUT2D eigenvalue weighted by Gasteiger charge is -2.16. The number of carbonyl (C=O) groups excluding carboxylic acids is 1. The molecule has 0 spiro atoms. The zero-order valence-corrected chi connectivity index (χ0v) is 18.0. The molecular formula is C23H18FN3O2S2. The SMILES string of the molecule is C=CCN(C(=O)c1csc(COc2ccc(F)cc2)n1)c1nc(-c2ccccc2)cs1. The number of thiazole rings is 2. The van der Waals surface area contributed by atoms with Crippen molar-refractivity contribution in [2.45, 2.75) is 6.61 Å². The summed E-state index contributed by atoms with van der Waals surface area (Å²) in [5.74, 6) is -0.0402. The van der Waals surface area contributed by atoms with Crippen LogP contribution in [0.15, 0.2) is 78.0 Å². The Labute approximate surface area is 187 Å². The minimum Gasteiger partial charge on any atom is -0.486 e. The molecule has 0 atom stereocenters. The van der Waals surface area contributed by atoms with Crippen molar-refractivity contribution in [1.29, 1.82) is 0 Å². The van der Waals surface area contributed by atoms with Crippen LogP contribution in [0.2, 0.25) is 0 Å². The quantitative estimate of drug-likeness (QED) is 0.317. The summed E-state index contributed by atoms with van der Waals surface area (Å²) in [6.07, 6.45) is 1.66. The maximum atomic E-state index is 13.1. The molecule has 4 rings (SSSR count). The van der Waals surface area contributed by atoms with Gasteiger partial charge in [-0.2, -0.15) is 0 Å². The van der Waals surface area contributed by atoms with Gasteiger partial charge in [0.05, 0.1) is 5.69 Å². The number of nitrogens with zero attached hydrogens (tertiary/aromatic N) is 3. The fraction of sp³-hybridized carbons (Fsp3) is 0.0870. The van der Waals surface area contributed by atoms with E-state index in [4.69, 9.17) is 4.74 Å². The van der Waals surface area contributed by atoms with Crippen molar-refractivity contribution in [3.8, 4) is 17.0 Å². The van der Waals surface area contributed by atoms with Crippen molar-refractivity contribution in [3.63, 3.8) is 0 Å². The third-order valence-electron chi connectivity index (χ3n) is 4.30. The van der Waals surface area contributed by atoms with Crippen molar-refractivity contribution >= 4 is 33.7 Å². The molecular weight excluding hydrogens is 433 g/mol. The van der Waals surface area contributed by atoms with E-state index < -0.39 is 0 Å². The molecule has 0 aliphatic heterocycles. The lowest BCUT2D eigenvalue weighted by molar-refractivity contribution is 0.0985. The molecule has 1 amide bonds. The van der Waals surface area contributed by atoms with E-state index in [2.05, 4.69) is 16.5 Å². The number of carbonyl (C=O) groups is 1. The Morgan fingerprint density at radius 2 is 1.84 bits per heavy atom. The molecule has 5 nitrogen and oxygen atoms in total. The molecule has 2 aromatic heterocycles. The molecule has 156 valence electrons. The average molecular weight is 452 g/mol. The Bertz CT molecular complexity index is 1170. The molecule has 2 heterocycles. The van der Waals surface area contributed by atoms with Crippen LogP contribution in [0.4, 0.5) is 9.52 Å². The molecule has 0 fully saturated rings. The highest BCUT2D eigenvalue weighted by Gasteiger charge is 2.22. The predicted molar refractivity (Wildman–Crippen MR) is 122 cm³/mol. The maximum absolute atomic E-state index is 13.1. The van der Waals surface area contributed by atoms with Gasteiger partial charge in [-0.25, -0.2) is 14.4 Å². The van der Waals surface area contributed by atoms with E-state index in [1.54, 1.807) is 28.5 Å². The van der Waals surface area contributed by atoms with Gasteiger partial charge in [-0.1, -0.05) is 36.4 Å². The number of anilines is 1. The van der Waals surface area contributed by atoms with Gasteiger partial charge in [0.1, 0.15) is 28.9 Å². The summed E-state index contributed by atoms with van der Waals surface area (Å²) in [5, 5.41) is 4.86. The molecule has 0 saturated heterocycles. The Balaban J connectivity index is 1.48. The number of ether oxygens (including phenoxy) is 1. The van der Waals surface area contributed by atoms with Crippen molar-refractivity contribution in [1.82, 2.24) is 9.97 Å². The zero-order valence-electron chi connectivity index (χ0n) is 16.4. The zero-order chi connectivity index (χ0) is 21.6. The highest BCUT2D eigenvalue weighted by Crippen LogP contribution is 2.28. The fourth-order valence-corrected chi connectivity index (χ4v) is 4.32. The first-order valence-corrected chi connectivity index (χ1v) is 11.2. The van der Waals surface area contributed by atoms with Crippen LogP contribution in [0.3, 0.4) is 0 Å². The monoisotopic (exact) mass is 451 g/mol. The highest BCUT2D eigenvalue weighted by molar-refractivity contribution is 7.14. The number of benzene rings is 2. The molecule has 31 heavy (non-hydrogen) atoms. The van der Waals surface area contributed by atoms with Gasteiger partial charge < -0.3 is 4.74 Å². The Morgan fingerprint density at radius 1 is 1.06 bits per heavy atom. The van der Waals surface area contributed by atoms with Crippen LogP contribution >= 0.6 is 22.7 Å². The topological polar surface area (TPSA) is 55.3 Å².